The molecular formula is C20H23F2NO. The van der Waals surface area contributed by atoms with Gasteiger partial charge >= 0.3 is 0 Å². The molecule has 2 rings (SSSR count). The van der Waals surface area contributed by atoms with Crippen molar-refractivity contribution in [1.29, 1.82) is 0 Å². The molecule has 2 nitrogen and oxygen atoms in total. The second kappa shape index (κ2) is 9.93. The Morgan fingerprint density at radius 2 is 1.58 bits per heavy atom. The SMILES string of the molecule is O=CCc1ccc(CC(CF)NCCCc2ccc(F)cc2)cc1. The summed E-state index contributed by atoms with van der Waals surface area (Å²) in [4.78, 5) is 10.5. The Hall–Kier alpha value is -2.07. The summed E-state index contributed by atoms with van der Waals surface area (Å²) in [5.41, 5.74) is 3.11. The number of hydrogen-bond acceptors (Lipinski definition) is 2. The molecule has 1 N–H and O–H groups in total. The number of alkyl halides is 1. The third-order valence-electron chi connectivity index (χ3n) is 4.00. The van der Waals surface area contributed by atoms with E-state index in [0.717, 1.165) is 42.4 Å². The van der Waals surface area contributed by atoms with Crippen molar-refractivity contribution < 1.29 is 13.6 Å². The normalized spacial score (nSPS) is 12.1. The predicted octanol–water partition coefficient (Wildman–Crippen LogP) is 3.67. The number of benzene rings is 2. The number of carbonyl (C=O) groups excluding carboxylic acids is 1. The molecule has 0 saturated carbocycles. The summed E-state index contributed by atoms with van der Waals surface area (Å²) < 4.78 is 26.0. The van der Waals surface area contributed by atoms with Crippen molar-refractivity contribution in [2.75, 3.05) is 13.2 Å². The molecule has 0 heterocycles. The first kappa shape index (κ1) is 18.3. The number of rotatable bonds is 10. The van der Waals surface area contributed by atoms with Crippen molar-refractivity contribution in [2.45, 2.75) is 31.7 Å². The van der Waals surface area contributed by atoms with Crippen molar-refractivity contribution in [2.24, 2.45) is 0 Å². The molecule has 0 fully saturated rings. The smallest absolute Gasteiger partial charge is 0.124 e. The van der Waals surface area contributed by atoms with Gasteiger partial charge in [0.15, 0.2) is 0 Å². The Morgan fingerprint density at radius 1 is 0.958 bits per heavy atom. The Balaban J connectivity index is 1.73. The summed E-state index contributed by atoms with van der Waals surface area (Å²) in [6.07, 6.45) is 3.62. The van der Waals surface area contributed by atoms with Crippen LogP contribution >= 0.6 is 0 Å². The highest BCUT2D eigenvalue weighted by Gasteiger charge is 2.08. The summed E-state index contributed by atoms with van der Waals surface area (Å²) in [6.45, 7) is 0.293. The first-order chi connectivity index (χ1) is 11.7. The minimum absolute atomic E-state index is 0.213. The van der Waals surface area contributed by atoms with Gasteiger partial charge in [0.1, 0.15) is 18.8 Å². The van der Waals surface area contributed by atoms with Gasteiger partial charge in [-0.15, -0.1) is 0 Å². The van der Waals surface area contributed by atoms with Crippen molar-refractivity contribution >= 4 is 6.29 Å². The van der Waals surface area contributed by atoms with Crippen molar-refractivity contribution in [3.05, 3.63) is 71.0 Å². The summed E-state index contributed by atoms with van der Waals surface area (Å²) in [5, 5.41) is 3.23. The molecule has 0 amide bonds. The van der Waals surface area contributed by atoms with Gasteiger partial charge < -0.3 is 10.1 Å². The van der Waals surface area contributed by atoms with Crippen LogP contribution in [0.1, 0.15) is 23.1 Å². The van der Waals surface area contributed by atoms with Gasteiger partial charge in [-0.05, 0) is 54.6 Å². The topological polar surface area (TPSA) is 29.1 Å². The molecule has 0 aliphatic carbocycles. The van der Waals surface area contributed by atoms with Crippen LogP contribution in [0.4, 0.5) is 8.78 Å². The molecule has 0 bridgehead atoms. The number of aldehydes is 1. The van der Waals surface area contributed by atoms with E-state index in [2.05, 4.69) is 5.32 Å². The van der Waals surface area contributed by atoms with Crippen LogP contribution in [0.3, 0.4) is 0 Å². The minimum Gasteiger partial charge on any atom is -0.311 e. The third-order valence-corrected chi connectivity index (χ3v) is 4.00. The molecule has 0 radical (unpaired) electrons. The zero-order chi connectivity index (χ0) is 17.2. The maximum Gasteiger partial charge on any atom is 0.124 e. The molecule has 4 heteroatoms. The second-order valence-electron chi connectivity index (χ2n) is 5.93. The van der Waals surface area contributed by atoms with Gasteiger partial charge in [-0.25, -0.2) is 8.78 Å². The van der Waals surface area contributed by atoms with Gasteiger partial charge in [0, 0.05) is 12.5 Å². The van der Waals surface area contributed by atoms with E-state index in [1.807, 2.05) is 24.3 Å². The summed E-state index contributed by atoms with van der Waals surface area (Å²) in [6, 6.07) is 14.0. The van der Waals surface area contributed by atoms with Crippen LogP contribution < -0.4 is 5.32 Å². The van der Waals surface area contributed by atoms with Crippen LogP contribution in [0.25, 0.3) is 0 Å². The number of carbonyl (C=O) groups is 1. The lowest BCUT2D eigenvalue weighted by Gasteiger charge is -2.15. The lowest BCUT2D eigenvalue weighted by atomic mass is 10.0. The maximum absolute atomic E-state index is 13.2. The fourth-order valence-corrected chi connectivity index (χ4v) is 2.62. The average Bonchev–Trinajstić information content (AvgIpc) is 2.61. The molecule has 2 aromatic carbocycles. The summed E-state index contributed by atoms with van der Waals surface area (Å²) in [7, 11) is 0. The molecule has 1 unspecified atom stereocenters. The van der Waals surface area contributed by atoms with Crippen molar-refractivity contribution in [3.63, 3.8) is 0 Å². The highest BCUT2D eigenvalue weighted by molar-refractivity contribution is 5.54. The van der Waals surface area contributed by atoms with Crippen LogP contribution in [0, 0.1) is 5.82 Å². The summed E-state index contributed by atoms with van der Waals surface area (Å²) in [5.74, 6) is -0.228. The van der Waals surface area contributed by atoms with Crippen LogP contribution in [0.2, 0.25) is 0 Å². The second-order valence-corrected chi connectivity index (χ2v) is 5.93. The molecule has 24 heavy (non-hydrogen) atoms. The highest BCUT2D eigenvalue weighted by atomic mass is 19.1. The quantitative estimate of drug-likeness (QED) is 0.532. The van der Waals surface area contributed by atoms with E-state index in [-0.39, 0.29) is 11.9 Å². The highest BCUT2D eigenvalue weighted by Crippen LogP contribution is 2.09. The zero-order valence-electron chi connectivity index (χ0n) is 13.7. The lowest BCUT2D eigenvalue weighted by Crippen LogP contribution is -2.34. The number of hydrogen-bond donors (Lipinski definition) is 1. The van der Waals surface area contributed by atoms with E-state index < -0.39 is 6.67 Å². The number of nitrogens with one attached hydrogen (secondary N) is 1. The molecule has 1 atom stereocenters. The van der Waals surface area contributed by atoms with Gasteiger partial charge in [0.25, 0.3) is 0 Å². The zero-order valence-corrected chi connectivity index (χ0v) is 13.7. The molecule has 128 valence electrons. The van der Waals surface area contributed by atoms with E-state index in [9.17, 15) is 13.6 Å². The third kappa shape index (κ3) is 6.20. The Bertz CT molecular complexity index is 611. The van der Waals surface area contributed by atoms with E-state index >= 15 is 0 Å². The van der Waals surface area contributed by atoms with Crippen molar-refractivity contribution in [3.8, 4) is 0 Å². The molecule has 2 aromatic rings. The maximum atomic E-state index is 13.2. The molecule has 0 aliphatic heterocycles. The Labute approximate surface area is 141 Å². The van der Waals surface area contributed by atoms with E-state index in [0.29, 0.717) is 12.8 Å². The van der Waals surface area contributed by atoms with Crippen LogP contribution in [0.15, 0.2) is 48.5 Å². The van der Waals surface area contributed by atoms with Crippen LogP contribution in [-0.2, 0) is 24.1 Å². The number of halogens is 2. The lowest BCUT2D eigenvalue weighted by molar-refractivity contribution is -0.107. The monoisotopic (exact) mass is 331 g/mol. The van der Waals surface area contributed by atoms with Crippen LogP contribution in [-0.4, -0.2) is 25.5 Å². The van der Waals surface area contributed by atoms with Crippen molar-refractivity contribution in [1.82, 2.24) is 5.32 Å². The Morgan fingerprint density at radius 3 is 2.21 bits per heavy atom. The van der Waals surface area contributed by atoms with Gasteiger partial charge in [-0.2, -0.15) is 0 Å². The average molecular weight is 331 g/mol. The van der Waals surface area contributed by atoms with E-state index in [4.69, 9.17) is 0 Å². The Kier molecular flexibility index (Phi) is 7.56. The van der Waals surface area contributed by atoms with Gasteiger partial charge in [0.2, 0.25) is 0 Å². The van der Waals surface area contributed by atoms with E-state index in [1.165, 1.54) is 12.1 Å². The van der Waals surface area contributed by atoms with Gasteiger partial charge in [-0.3, -0.25) is 0 Å². The molecule has 0 aliphatic rings. The fraction of sp³-hybridized carbons (Fsp3) is 0.350. The summed E-state index contributed by atoms with van der Waals surface area (Å²) >= 11 is 0. The predicted molar refractivity (Wildman–Crippen MR) is 92.4 cm³/mol. The number of aryl methyl sites for hydroxylation is 1. The van der Waals surface area contributed by atoms with E-state index in [1.54, 1.807) is 12.1 Å². The van der Waals surface area contributed by atoms with Gasteiger partial charge in [0.05, 0.1) is 0 Å². The standard InChI is InChI=1S/C20H23F2NO/c21-15-20(14-18-5-3-17(4-6-18)11-13-24)23-12-1-2-16-7-9-19(22)10-8-16/h3-10,13,20,23H,1-2,11-12,14-15H2. The van der Waals surface area contributed by atoms with Crippen LogP contribution in [0.5, 0.6) is 0 Å². The first-order valence-electron chi connectivity index (χ1n) is 8.26. The molecule has 0 saturated heterocycles. The first-order valence-corrected chi connectivity index (χ1v) is 8.26. The molecule has 0 aromatic heterocycles. The van der Waals surface area contributed by atoms with Gasteiger partial charge in [-0.1, -0.05) is 36.4 Å². The largest absolute Gasteiger partial charge is 0.311 e. The molecular weight excluding hydrogens is 308 g/mol. The molecule has 0 spiro atoms. The fourth-order valence-electron chi connectivity index (χ4n) is 2.62. The minimum atomic E-state index is -0.424.